The Labute approximate surface area is 164 Å². The molecule has 0 aromatic carbocycles. The summed E-state index contributed by atoms with van der Waals surface area (Å²) in [6.45, 7) is 9.78. The van der Waals surface area contributed by atoms with Gasteiger partial charge in [0.2, 0.25) is 0 Å². The summed E-state index contributed by atoms with van der Waals surface area (Å²) in [6.07, 6.45) is 8.09. The van der Waals surface area contributed by atoms with Gasteiger partial charge >= 0.3 is 0 Å². The molecule has 0 atom stereocenters. The van der Waals surface area contributed by atoms with Gasteiger partial charge in [-0.1, -0.05) is 26.7 Å². The van der Waals surface area contributed by atoms with E-state index in [0.717, 1.165) is 57.6 Å². The lowest BCUT2D eigenvalue weighted by Gasteiger charge is -2.22. The van der Waals surface area contributed by atoms with E-state index in [4.69, 9.17) is 4.74 Å². The van der Waals surface area contributed by atoms with Crippen molar-refractivity contribution in [1.82, 2.24) is 15.6 Å². The van der Waals surface area contributed by atoms with Gasteiger partial charge in [0, 0.05) is 52.6 Å². The Morgan fingerprint density at radius 3 is 2.70 bits per heavy atom. The highest BCUT2D eigenvalue weighted by Gasteiger charge is 2.11. The second kappa shape index (κ2) is 12.5. The molecule has 6 heteroatoms. The van der Waals surface area contributed by atoms with Crippen molar-refractivity contribution in [2.75, 3.05) is 44.8 Å². The van der Waals surface area contributed by atoms with Crippen LogP contribution in [0.3, 0.4) is 0 Å². The molecule has 1 aliphatic heterocycles. The summed E-state index contributed by atoms with van der Waals surface area (Å²) in [7, 11) is 1.81. The van der Waals surface area contributed by atoms with Gasteiger partial charge in [-0.25, -0.2) is 4.98 Å². The normalized spacial score (nSPS) is 15.7. The lowest BCUT2D eigenvalue weighted by atomic mass is 10.2. The summed E-state index contributed by atoms with van der Waals surface area (Å²) in [6, 6.07) is 4.27. The van der Waals surface area contributed by atoms with E-state index in [2.05, 4.69) is 51.5 Å². The first kappa shape index (κ1) is 21.5. The summed E-state index contributed by atoms with van der Waals surface area (Å²) in [5.41, 5.74) is 1.23. The number of aromatic nitrogens is 1. The van der Waals surface area contributed by atoms with E-state index < -0.39 is 0 Å². The second-order valence-electron chi connectivity index (χ2n) is 7.60. The Hall–Kier alpha value is -1.82. The number of aliphatic imine (C=N–C) groups is 1. The van der Waals surface area contributed by atoms with Crippen molar-refractivity contribution in [3.8, 4) is 0 Å². The first-order chi connectivity index (χ1) is 13.2. The summed E-state index contributed by atoms with van der Waals surface area (Å²) in [5.74, 6) is 2.51. The van der Waals surface area contributed by atoms with Crippen LogP contribution in [0.25, 0.3) is 0 Å². The van der Waals surface area contributed by atoms with Crippen molar-refractivity contribution in [3.05, 3.63) is 23.9 Å². The molecule has 1 saturated heterocycles. The Bertz CT molecular complexity index is 553. The van der Waals surface area contributed by atoms with Crippen LogP contribution < -0.4 is 15.5 Å². The van der Waals surface area contributed by atoms with Gasteiger partial charge in [0.05, 0.1) is 0 Å². The molecule has 1 fully saturated rings. The maximum atomic E-state index is 5.61. The topological polar surface area (TPSA) is 61.8 Å². The van der Waals surface area contributed by atoms with E-state index in [1.807, 2.05) is 6.20 Å². The van der Waals surface area contributed by atoms with Crippen LogP contribution >= 0.6 is 0 Å². The van der Waals surface area contributed by atoms with Crippen molar-refractivity contribution < 1.29 is 4.74 Å². The van der Waals surface area contributed by atoms with Gasteiger partial charge in [0.25, 0.3) is 0 Å². The molecule has 6 nitrogen and oxygen atoms in total. The predicted molar refractivity (Wildman–Crippen MR) is 113 cm³/mol. The molecular formula is C21H37N5O. The minimum Gasteiger partial charge on any atom is -0.381 e. The Balaban J connectivity index is 1.73. The summed E-state index contributed by atoms with van der Waals surface area (Å²) >= 11 is 0. The second-order valence-corrected chi connectivity index (χ2v) is 7.60. The number of guanidine groups is 1. The summed E-state index contributed by atoms with van der Waals surface area (Å²) in [4.78, 5) is 11.3. The van der Waals surface area contributed by atoms with Gasteiger partial charge in [0.1, 0.15) is 5.82 Å². The monoisotopic (exact) mass is 375 g/mol. The standard InChI is InChI=1S/C21H37N5O/c1-18(2)17-27-14-8-10-24-21(22-3)25-16-19-9-11-23-20(15-19)26-12-6-4-5-7-13-26/h9,11,15,18H,4-8,10,12-14,16-17H2,1-3H3,(H2,22,24,25). The fourth-order valence-electron chi connectivity index (χ4n) is 3.15. The van der Waals surface area contributed by atoms with Crippen LogP contribution in [0.2, 0.25) is 0 Å². The molecule has 0 unspecified atom stereocenters. The molecule has 1 aromatic heterocycles. The SMILES string of the molecule is CN=C(NCCCOCC(C)C)NCc1ccnc(N2CCCCCC2)c1. The third-order valence-corrected chi connectivity index (χ3v) is 4.63. The molecule has 0 bridgehead atoms. The highest BCUT2D eigenvalue weighted by Crippen LogP contribution is 2.18. The lowest BCUT2D eigenvalue weighted by Crippen LogP contribution is -2.37. The van der Waals surface area contributed by atoms with Crippen LogP contribution in [0.5, 0.6) is 0 Å². The zero-order valence-corrected chi connectivity index (χ0v) is 17.3. The molecular weight excluding hydrogens is 338 g/mol. The highest BCUT2D eigenvalue weighted by atomic mass is 16.5. The molecule has 2 heterocycles. The third kappa shape index (κ3) is 8.61. The highest BCUT2D eigenvalue weighted by molar-refractivity contribution is 5.79. The largest absolute Gasteiger partial charge is 0.381 e. The number of hydrogen-bond acceptors (Lipinski definition) is 4. The van der Waals surface area contributed by atoms with Gasteiger partial charge in [-0.3, -0.25) is 4.99 Å². The van der Waals surface area contributed by atoms with Gasteiger partial charge in [-0.15, -0.1) is 0 Å². The summed E-state index contributed by atoms with van der Waals surface area (Å²) in [5, 5.41) is 6.74. The third-order valence-electron chi connectivity index (χ3n) is 4.63. The zero-order chi connectivity index (χ0) is 19.3. The number of rotatable bonds is 9. The van der Waals surface area contributed by atoms with Crippen LogP contribution in [0, 0.1) is 5.92 Å². The van der Waals surface area contributed by atoms with Crippen LogP contribution in [-0.4, -0.2) is 50.8 Å². The van der Waals surface area contributed by atoms with Crippen molar-refractivity contribution in [1.29, 1.82) is 0 Å². The zero-order valence-electron chi connectivity index (χ0n) is 17.3. The maximum Gasteiger partial charge on any atom is 0.191 e. The van der Waals surface area contributed by atoms with E-state index in [0.29, 0.717) is 5.92 Å². The van der Waals surface area contributed by atoms with Crippen molar-refractivity contribution in [3.63, 3.8) is 0 Å². The van der Waals surface area contributed by atoms with E-state index in [-0.39, 0.29) is 0 Å². The molecule has 1 aromatic rings. The molecule has 152 valence electrons. The minimum absolute atomic E-state index is 0.590. The summed E-state index contributed by atoms with van der Waals surface area (Å²) < 4.78 is 5.61. The number of nitrogens with zero attached hydrogens (tertiary/aromatic N) is 3. The van der Waals surface area contributed by atoms with Crippen molar-refractivity contribution >= 4 is 11.8 Å². The molecule has 2 N–H and O–H groups in total. The number of ether oxygens (including phenoxy) is 1. The van der Waals surface area contributed by atoms with Gasteiger partial charge in [0.15, 0.2) is 5.96 Å². The number of anilines is 1. The first-order valence-electron chi connectivity index (χ1n) is 10.4. The number of pyridine rings is 1. The molecule has 0 radical (unpaired) electrons. The van der Waals surface area contributed by atoms with E-state index >= 15 is 0 Å². The molecule has 0 amide bonds. The van der Waals surface area contributed by atoms with Crippen LogP contribution in [0.15, 0.2) is 23.3 Å². The fourth-order valence-corrected chi connectivity index (χ4v) is 3.15. The van der Waals surface area contributed by atoms with Gasteiger partial charge in [-0.2, -0.15) is 0 Å². The van der Waals surface area contributed by atoms with Crippen LogP contribution in [0.1, 0.15) is 51.5 Å². The average molecular weight is 376 g/mol. The van der Waals surface area contributed by atoms with Crippen LogP contribution in [-0.2, 0) is 11.3 Å². The molecule has 1 aliphatic rings. The Morgan fingerprint density at radius 1 is 1.22 bits per heavy atom. The van der Waals surface area contributed by atoms with E-state index in [1.54, 1.807) is 7.05 Å². The molecule has 0 spiro atoms. The average Bonchev–Trinajstić information content (AvgIpc) is 2.96. The van der Waals surface area contributed by atoms with Crippen molar-refractivity contribution in [2.24, 2.45) is 10.9 Å². The molecule has 0 saturated carbocycles. The van der Waals surface area contributed by atoms with Crippen LogP contribution in [0.4, 0.5) is 5.82 Å². The van der Waals surface area contributed by atoms with Crippen molar-refractivity contribution in [2.45, 2.75) is 52.5 Å². The molecule has 27 heavy (non-hydrogen) atoms. The van der Waals surface area contributed by atoms with Gasteiger partial charge < -0.3 is 20.3 Å². The lowest BCUT2D eigenvalue weighted by molar-refractivity contribution is 0.108. The Morgan fingerprint density at radius 2 is 2.00 bits per heavy atom. The molecule has 2 rings (SSSR count). The molecule has 0 aliphatic carbocycles. The first-order valence-corrected chi connectivity index (χ1v) is 10.4. The maximum absolute atomic E-state index is 5.61. The number of hydrogen-bond donors (Lipinski definition) is 2. The smallest absolute Gasteiger partial charge is 0.191 e. The predicted octanol–water partition coefficient (Wildman–Crippen LogP) is 3.19. The fraction of sp³-hybridized carbons (Fsp3) is 0.714. The van der Waals surface area contributed by atoms with Gasteiger partial charge in [-0.05, 0) is 42.9 Å². The van der Waals surface area contributed by atoms with E-state index in [9.17, 15) is 0 Å². The Kier molecular flexibility index (Phi) is 9.98. The van der Waals surface area contributed by atoms with E-state index in [1.165, 1.54) is 31.2 Å². The number of nitrogens with one attached hydrogen (secondary N) is 2. The minimum atomic E-state index is 0.590. The quantitative estimate of drug-likeness (QED) is 0.394.